The maximum absolute atomic E-state index is 10.8. The van der Waals surface area contributed by atoms with Gasteiger partial charge in [-0.25, -0.2) is 4.79 Å². The van der Waals surface area contributed by atoms with Gasteiger partial charge >= 0.3 is 5.97 Å². The van der Waals surface area contributed by atoms with Gasteiger partial charge in [0.25, 0.3) is 0 Å². The van der Waals surface area contributed by atoms with Crippen molar-refractivity contribution >= 4 is 16.9 Å². The minimum atomic E-state index is -1.06. The number of rotatable bonds is 3. The molecule has 0 atom stereocenters. The highest BCUT2D eigenvalue weighted by atomic mass is 16.4. The highest BCUT2D eigenvalue weighted by Gasteiger charge is 2.10. The third-order valence-electron chi connectivity index (χ3n) is 2.70. The summed E-state index contributed by atoms with van der Waals surface area (Å²) in [6.45, 7) is 0.649. The van der Waals surface area contributed by atoms with E-state index in [-0.39, 0.29) is 5.76 Å². The van der Waals surface area contributed by atoms with E-state index in [1.165, 1.54) is 6.07 Å². The Hall–Kier alpha value is -2.56. The van der Waals surface area contributed by atoms with Crippen LogP contribution in [0, 0.1) is 0 Å². The van der Waals surface area contributed by atoms with E-state index in [0.717, 1.165) is 10.9 Å². The number of carbonyl (C=O) groups is 1. The summed E-state index contributed by atoms with van der Waals surface area (Å²) in [6, 6.07) is 8.98. The molecule has 0 fully saturated rings. The number of hydrogen-bond donors (Lipinski definition) is 1. The molecule has 0 radical (unpaired) electrons. The first-order chi connectivity index (χ1) is 8.72. The van der Waals surface area contributed by atoms with Gasteiger partial charge in [-0.15, -0.1) is 0 Å². The van der Waals surface area contributed by atoms with Gasteiger partial charge in [0.1, 0.15) is 5.58 Å². The Morgan fingerprint density at radius 3 is 3.00 bits per heavy atom. The van der Waals surface area contributed by atoms with E-state index in [0.29, 0.717) is 12.1 Å². The maximum atomic E-state index is 10.8. The monoisotopic (exact) mass is 242 g/mol. The summed E-state index contributed by atoms with van der Waals surface area (Å²) in [7, 11) is 0. The normalized spacial score (nSPS) is 10.9. The van der Waals surface area contributed by atoms with Gasteiger partial charge in [0.05, 0.1) is 6.54 Å². The van der Waals surface area contributed by atoms with Gasteiger partial charge in [-0.1, -0.05) is 6.07 Å². The second kappa shape index (κ2) is 4.03. The Bertz CT molecular complexity index is 698. The number of carboxylic acid groups (broad SMARTS) is 1. The summed E-state index contributed by atoms with van der Waals surface area (Å²) in [5.74, 6) is -1.10. The van der Waals surface area contributed by atoms with Crippen LogP contribution in [-0.2, 0) is 6.54 Å². The van der Waals surface area contributed by atoms with Crippen molar-refractivity contribution < 1.29 is 14.3 Å². The topological polar surface area (TPSA) is 68.3 Å². The lowest BCUT2D eigenvalue weighted by molar-refractivity contribution is 0.0665. The third kappa shape index (κ3) is 1.86. The number of fused-ring (bicyclic) bond motifs is 1. The zero-order chi connectivity index (χ0) is 12.5. The van der Waals surface area contributed by atoms with Crippen molar-refractivity contribution in [3.8, 4) is 0 Å². The molecule has 0 unspecified atom stereocenters. The first-order valence-corrected chi connectivity index (χ1v) is 5.45. The van der Waals surface area contributed by atoms with Crippen molar-refractivity contribution in [3.63, 3.8) is 0 Å². The average molecular weight is 242 g/mol. The Morgan fingerprint density at radius 1 is 1.39 bits per heavy atom. The average Bonchev–Trinajstić information content (AvgIpc) is 2.96. The molecule has 1 N–H and O–H groups in total. The first-order valence-electron chi connectivity index (χ1n) is 5.45. The van der Waals surface area contributed by atoms with E-state index in [1.807, 2.05) is 24.4 Å². The predicted octanol–water partition coefficient (Wildman–Crippen LogP) is 2.38. The Balaban J connectivity index is 1.97. The second-order valence-electron chi connectivity index (χ2n) is 3.99. The lowest BCUT2D eigenvalue weighted by Crippen LogP contribution is -1.99. The Labute approximate surface area is 102 Å². The highest BCUT2D eigenvalue weighted by molar-refractivity contribution is 5.91. The summed E-state index contributed by atoms with van der Waals surface area (Å²) in [4.78, 5) is 10.8. The molecular formula is C13H10N2O3. The van der Waals surface area contributed by atoms with Crippen molar-refractivity contribution in [3.05, 3.63) is 54.0 Å². The largest absolute Gasteiger partial charge is 0.475 e. The smallest absolute Gasteiger partial charge is 0.371 e. The Kier molecular flexibility index (Phi) is 2.37. The van der Waals surface area contributed by atoms with Crippen molar-refractivity contribution in [2.45, 2.75) is 6.54 Å². The molecule has 0 aliphatic heterocycles. The zero-order valence-electron chi connectivity index (χ0n) is 9.41. The standard InChI is InChI=1S/C13H10N2O3/c16-13(17)12-7-10-6-9(2-3-11(10)18-12)8-15-5-1-4-14-15/h1-7H,8H2,(H,16,17). The fraction of sp³-hybridized carbons (Fsp3) is 0.0769. The van der Waals surface area contributed by atoms with Crippen LogP contribution in [0.3, 0.4) is 0 Å². The Morgan fingerprint density at radius 2 is 2.28 bits per heavy atom. The first kappa shape index (κ1) is 10.6. The fourth-order valence-corrected chi connectivity index (χ4v) is 1.88. The van der Waals surface area contributed by atoms with E-state index >= 15 is 0 Å². The van der Waals surface area contributed by atoms with E-state index < -0.39 is 5.97 Å². The lowest BCUT2D eigenvalue weighted by atomic mass is 10.1. The molecular weight excluding hydrogens is 232 g/mol. The molecule has 0 bridgehead atoms. The fourth-order valence-electron chi connectivity index (χ4n) is 1.88. The molecule has 90 valence electrons. The van der Waals surface area contributed by atoms with Gasteiger partial charge in [-0.2, -0.15) is 5.10 Å². The van der Waals surface area contributed by atoms with Crippen LogP contribution in [0.15, 0.2) is 47.1 Å². The zero-order valence-corrected chi connectivity index (χ0v) is 9.41. The van der Waals surface area contributed by atoms with Gasteiger partial charge in [0, 0.05) is 17.8 Å². The molecule has 5 nitrogen and oxygen atoms in total. The van der Waals surface area contributed by atoms with Gasteiger partial charge < -0.3 is 9.52 Å². The highest BCUT2D eigenvalue weighted by Crippen LogP contribution is 2.21. The van der Waals surface area contributed by atoms with Crippen LogP contribution in [0.4, 0.5) is 0 Å². The summed E-state index contributed by atoms with van der Waals surface area (Å²) >= 11 is 0. The van der Waals surface area contributed by atoms with Crippen LogP contribution < -0.4 is 0 Å². The van der Waals surface area contributed by atoms with Crippen molar-refractivity contribution in [1.82, 2.24) is 9.78 Å². The molecule has 0 aliphatic carbocycles. The van der Waals surface area contributed by atoms with Crippen molar-refractivity contribution in [2.75, 3.05) is 0 Å². The second-order valence-corrected chi connectivity index (χ2v) is 3.99. The van der Waals surface area contributed by atoms with Gasteiger partial charge in [0.15, 0.2) is 0 Å². The number of benzene rings is 1. The molecule has 0 saturated carbocycles. The van der Waals surface area contributed by atoms with Gasteiger partial charge in [-0.3, -0.25) is 4.68 Å². The van der Waals surface area contributed by atoms with Crippen LogP contribution in [0.2, 0.25) is 0 Å². The molecule has 0 aliphatic rings. The molecule has 0 spiro atoms. The summed E-state index contributed by atoms with van der Waals surface area (Å²) in [5.41, 5.74) is 1.63. The van der Waals surface area contributed by atoms with Crippen LogP contribution in [-0.4, -0.2) is 20.9 Å². The molecule has 0 amide bonds. The minimum absolute atomic E-state index is 0.0405. The van der Waals surface area contributed by atoms with Crippen molar-refractivity contribution in [2.24, 2.45) is 0 Å². The minimum Gasteiger partial charge on any atom is -0.475 e. The summed E-state index contributed by atoms with van der Waals surface area (Å²) in [5, 5.41) is 13.8. The molecule has 3 aromatic rings. The molecule has 2 aromatic heterocycles. The number of nitrogens with zero attached hydrogens (tertiary/aromatic N) is 2. The van der Waals surface area contributed by atoms with Crippen LogP contribution in [0.5, 0.6) is 0 Å². The SMILES string of the molecule is O=C(O)c1cc2cc(Cn3cccn3)ccc2o1. The number of hydrogen-bond acceptors (Lipinski definition) is 3. The molecule has 0 saturated heterocycles. The number of aromatic carboxylic acids is 1. The third-order valence-corrected chi connectivity index (χ3v) is 2.70. The molecule has 1 aromatic carbocycles. The number of carboxylic acids is 1. The summed E-state index contributed by atoms with van der Waals surface area (Å²) < 4.78 is 7.00. The van der Waals surface area contributed by atoms with Gasteiger partial charge in [-0.05, 0) is 29.8 Å². The van der Waals surface area contributed by atoms with Gasteiger partial charge in [0.2, 0.25) is 5.76 Å². The predicted molar refractivity (Wildman–Crippen MR) is 64.5 cm³/mol. The maximum Gasteiger partial charge on any atom is 0.371 e. The van der Waals surface area contributed by atoms with E-state index in [4.69, 9.17) is 9.52 Å². The van der Waals surface area contributed by atoms with Crippen molar-refractivity contribution in [1.29, 1.82) is 0 Å². The van der Waals surface area contributed by atoms with E-state index in [1.54, 1.807) is 16.9 Å². The lowest BCUT2D eigenvalue weighted by Gasteiger charge is -2.01. The summed E-state index contributed by atoms with van der Waals surface area (Å²) in [6.07, 6.45) is 3.60. The number of furan rings is 1. The van der Waals surface area contributed by atoms with E-state index in [9.17, 15) is 4.79 Å². The van der Waals surface area contributed by atoms with Crippen LogP contribution in [0.1, 0.15) is 16.1 Å². The molecule has 3 rings (SSSR count). The molecule has 18 heavy (non-hydrogen) atoms. The molecule has 2 heterocycles. The van der Waals surface area contributed by atoms with E-state index in [2.05, 4.69) is 5.10 Å². The van der Waals surface area contributed by atoms with Crippen LogP contribution in [0.25, 0.3) is 11.0 Å². The quantitative estimate of drug-likeness (QED) is 0.765. The molecule has 5 heteroatoms. The number of aromatic nitrogens is 2. The van der Waals surface area contributed by atoms with Crippen LogP contribution >= 0.6 is 0 Å².